The molecule has 104 valence electrons. The molecule has 0 fully saturated rings. The predicted octanol–water partition coefficient (Wildman–Crippen LogP) is 2.37. The van der Waals surface area contributed by atoms with Crippen LogP contribution in [0.4, 0.5) is 0 Å². The number of benzene rings is 1. The van der Waals surface area contributed by atoms with E-state index in [1.54, 1.807) is 18.3 Å². The van der Waals surface area contributed by atoms with Gasteiger partial charge < -0.3 is 4.74 Å². The van der Waals surface area contributed by atoms with E-state index in [9.17, 15) is 4.79 Å². The summed E-state index contributed by atoms with van der Waals surface area (Å²) >= 11 is 5.94. The van der Waals surface area contributed by atoms with E-state index in [4.69, 9.17) is 16.3 Å². The molecule has 0 unspecified atom stereocenters. The Kier molecular flexibility index (Phi) is 2.68. The highest BCUT2D eigenvalue weighted by Crippen LogP contribution is 2.29. The minimum atomic E-state index is -0.101. The zero-order valence-electron chi connectivity index (χ0n) is 10.9. The lowest BCUT2D eigenvalue weighted by Gasteiger charge is -2.14. The lowest BCUT2D eigenvalue weighted by molar-refractivity contribution is 0.338. The Morgan fingerprint density at radius 1 is 1.14 bits per heavy atom. The molecule has 5 nitrogen and oxygen atoms in total. The van der Waals surface area contributed by atoms with Gasteiger partial charge in [0, 0.05) is 23.8 Å². The first-order valence-electron chi connectivity index (χ1n) is 6.53. The van der Waals surface area contributed by atoms with Gasteiger partial charge in [0.1, 0.15) is 0 Å². The van der Waals surface area contributed by atoms with Gasteiger partial charge in [-0.1, -0.05) is 11.6 Å². The quantitative estimate of drug-likeness (QED) is 0.692. The van der Waals surface area contributed by atoms with Gasteiger partial charge in [0.25, 0.3) is 0 Å². The molecule has 6 heteroatoms. The number of halogens is 1. The third-order valence-electron chi connectivity index (χ3n) is 3.52. The lowest BCUT2D eigenvalue weighted by atomic mass is 10.2. The molecule has 0 atom stereocenters. The van der Waals surface area contributed by atoms with Crippen molar-refractivity contribution < 1.29 is 4.74 Å². The molecule has 0 spiro atoms. The average molecular weight is 300 g/mol. The van der Waals surface area contributed by atoms with Gasteiger partial charge in [-0.15, -0.1) is 0 Å². The number of fused-ring (bicyclic) bond motifs is 2. The van der Waals surface area contributed by atoms with E-state index in [1.165, 1.54) is 6.20 Å². The molecule has 4 rings (SSSR count). The zero-order chi connectivity index (χ0) is 14.4. The summed E-state index contributed by atoms with van der Waals surface area (Å²) in [5, 5.41) is 0.646. The molecular weight excluding hydrogens is 290 g/mol. The summed E-state index contributed by atoms with van der Waals surface area (Å²) in [5.74, 6) is 0.551. The van der Waals surface area contributed by atoms with Crippen LogP contribution in [0.2, 0.25) is 5.02 Å². The number of aromatic nitrogens is 3. The second-order valence-electron chi connectivity index (χ2n) is 4.75. The molecule has 0 N–H and O–H groups in total. The van der Waals surface area contributed by atoms with Crippen molar-refractivity contribution in [2.75, 3.05) is 6.61 Å². The summed E-state index contributed by atoms with van der Waals surface area (Å²) < 4.78 is 7.49. The van der Waals surface area contributed by atoms with E-state index < -0.39 is 0 Å². The second kappa shape index (κ2) is 4.56. The van der Waals surface area contributed by atoms with E-state index in [0.29, 0.717) is 40.7 Å². The van der Waals surface area contributed by atoms with Crippen molar-refractivity contribution in [3.05, 3.63) is 57.5 Å². The normalized spacial score (nSPS) is 13.2. The van der Waals surface area contributed by atoms with Crippen LogP contribution in [-0.4, -0.2) is 21.1 Å². The molecule has 1 aliphatic heterocycles. The number of pyridine rings is 1. The molecule has 0 bridgehead atoms. The van der Waals surface area contributed by atoms with E-state index >= 15 is 0 Å². The molecule has 21 heavy (non-hydrogen) atoms. The summed E-state index contributed by atoms with van der Waals surface area (Å²) in [7, 11) is 0. The van der Waals surface area contributed by atoms with E-state index in [1.807, 2.05) is 16.7 Å². The first-order chi connectivity index (χ1) is 10.3. The monoisotopic (exact) mass is 299 g/mol. The molecule has 3 aromatic rings. The summed E-state index contributed by atoms with van der Waals surface area (Å²) in [6, 6.07) is 7.31. The van der Waals surface area contributed by atoms with Crippen molar-refractivity contribution in [1.82, 2.24) is 14.5 Å². The maximum Gasteiger partial charge on any atom is 0.216 e. The Labute approximate surface area is 124 Å². The third-order valence-corrected chi connectivity index (χ3v) is 3.77. The fourth-order valence-corrected chi connectivity index (χ4v) is 2.70. The van der Waals surface area contributed by atoms with Gasteiger partial charge >= 0.3 is 0 Å². The van der Waals surface area contributed by atoms with Crippen LogP contribution in [0.1, 0.15) is 5.56 Å². The highest BCUT2D eigenvalue weighted by atomic mass is 35.5. The number of nitrogens with zero attached hydrogens (tertiary/aromatic N) is 3. The Hall–Kier alpha value is -2.40. The molecule has 0 saturated carbocycles. The zero-order valence-corrected chi connectivity index (χ0v) is 11.7. The van der Waals surface area contributed by atoms with Gasteiger partial charge in [0.2, 0.25) is 11.3 Å². The van der Waals surface area contributed by atoms with Gasteiger partial charge in [-0.05, 0) is 24.3 Å². The Balaban J connectivity index is 2.15. The summed E-state index contributed by atoms with van der Waals surface area (Å²) in [6.07, 6.45) is 3.68. The van der Waals surface area contributed by atoms with Crippen LogP contribution >= 0.6 is 11.6 Å². The van der Waals surface area contributed by atoms with Crippen molar-refractivity contribution in [1.29, 1.82) is 0 Å². The predicted molar refractivity (Wildman–Crippen MR) is 79.3 cm³/mol. The topological polar surface area (TPSA) is 57.0 Å². The van der Waals surface area contributed by atoms with Crippen molar-refractivity contribution in [3.8, 4) is 11.6 Å². The van der Waals surface area contributed by atoms with Crippen LogP contribution in [-0.2, 0) is 6.42 Å². The van der Waals surface area contributed by atoms with Crippen LogP contribution in [0.3, 0.4) is 0 Å². The summed E-state index contributed by atoms with van der Waals surface area (Å²) in [6.45, 7) is 0.495. The molecule has 2 aromatic heterocycles. The Bertz CT molecular complexity index is 903. The van der Waals surface area contributed by atoms with Gasteiger partial charge in [-0.3, -0.25) is 9.36 Å². The van der Waals surface area contributed by atoms with Crippen LogP contribution in [0.15, 0.2) is 41.5 Å². The first-order valence-corrected chi connectivity index (χ1v) is 6.91. The number of rotatable bonds is 1. The first kappa shape index (κ1) is 12.3. The number of hydrogen-bond acceptors (Lipinski definition) is 4. The fraction of sp³-hybridized carbons (Fsp3) is 0.133. The van der Waals surface area contributed by atoms with Crippen LogP contribution in [0.25, 0.3) is 16.9 Å². The second-order valence-corrected chi connectivity index (χ2v) is 5.19. The average Bonchev–Trinajstić information content (AvgIpc) is 2.99. The summed E-state index contributed by atoms with van der Waals surface area (Å²) in [5.41, 5.74) is 2.24. The maximum atomic E-state index is 12.4. The van der Waals surface area contributed by atoms with Crippen LogP contribution < -0.4 is 10.2 Å². The smallest absolute Gasteiger partial charge is 0.216 e. The number of ether oxygens (including phenoxy) is 1. The fourth-order valence-electron chi connectivity index (χ4n) is 2.58. The molecule has 0 amide bonds. The summed E-state index contributed by atoms with van der Waals surface area (Å²) in [4.78, 5) is 20.9. The molecule has 1 aliphatic rings. The van der Waals surface area contributed by atoms with E-state index in [-0.39, 0.29) is 5.43 Å². The number of hydrogen-bond donors (Lipinski definition) is 0. The van der Waals surface area contributed by atoms with Crippen molar-refractivity contribution >= 4 is 22.8 Å². The molecule has 0 saturated heterocycles. The van der Waals surface area contributed by atoms with Gasteiger partial charge in [0.05, 0.1) is 17.9 Å². The minimum Gasteiger partial charge on any atom is -0.478 e. The van der Waals surface area contributed by atoms with Crippen LogP contribution in [0.5, 0.6) is 5.88 Å². The van der Waals surface area contributed by atoms with E-state index in [0.717, 1.165) is 5.69 Å². The van der Waals surface area contributed by atoms with Gasteiger partial charge in [0.15, 0.2) is 11.2 Å². The van der Waals surface area contributed by atoms with Gasteiger partial charge in [-0.2, -0.15) is 0 Å². The molecular formula is C15H10ClN3O2. The van der Waals surface area contributed by atoms with Crippen molar-refractivity contribution in [3.63, 3.8) is 0 Å². The van der Waals surface area contributed by atoms with Crippen molar-refractivity contribution in [2.24, 2.45) is 0 Å². The maximum absolute atomic E-state index is 12.4. The van der Waals surface area contributed by atoms with E-state index in [2.05, 4.69) is 9.97 Å². The Morgan fingerprint density at radius 3 is 2.71 bits per heavy atom. The third kappa shape index (κ3) is 1.81. The largest absolute Gasteiger partial charge is 0.478 e. The minimum absolute atomic E-state index is 0.101. The van der Waals surface area contributed by atoms with Crippen LogP contribution in [0, 0.1) is 0 Å². The van der Waals surface area contributed by atoms with Crippen molar-refractivity contribution in [2.45, 2.75) is 6.42 Å². The standard InChI is InChI=1S/C15H10ClN3O2/c16-9-1-3-10(4-2-9)19-14-12(17-6-7-18-14)13(20)11-5-8-21-15(11)19/h1-4,6-7H,5,8H2. The molecule has 3 heterocycles. The lowest BCUT2D eigenvalue weighted by Crippen LogP contribution is -2.15. The molecule has 0 aliphatic carbocycles. The van der Waals surface area contributed by atoms with Gasteiger partial charge in [-0.25, -0.2) is 9.97 Å². The SMILES string of the molecule is O=c1c2c(n(-c3ccc(Cl)cc3)c3nccnc13)OCC2. The molecule has 1 aromatic carbocycles. The Morgan fingerprint density at radius 2 is 1.90 bits per heavy atom. The highest BCUT2D eigenvalue weighted by Gasteiger charge is 2.24. The molecule has 0 radical (unpaired) electrons. The highest BCUT2D eigenvalue weighted by molar-refractivity contribution is 6.30.